The molecule has 0 aliphatic rings. The smallest absolute Gasteiger partial charge is 0.347 e. The summed E-state index contributed by atoms with van der Waals surface area (Å²) in [5, 5.41) is 7.40. The summed E-state index contributed by atoms with van der Waals surface area (Å²) < 4.78 is 19.8. The fourth-order valence-electron chi connectivity index (χ4n) is 1.52. The van der Waals surface area contributed by atoms with E-state index in [1.54, 1.807) is 31.2 Å². The Balaban J connectivity index is 2.31. The van der Waals surface area contributed by atoms with Gasteiger partial charge in [0.25, 0.3) is 0 Å². The van der Waals surface area contributed by atoms with Crippen LogP contribution in [0.4, 0.5) is 4.39 Å². The molecule has 1 unspecified atom stereocenters. The SMILES string of the molecule is CCOC(=O)C(F)c1cnnn1-c1ccccc1. The summed E-state index contributed by atoms with van der Waals surface area (Å²) in [6, 6.07) is 8.90. The molecule has 1 aromatic heterocycles. The van der Waals surface area contributed by atoms with Crippen LogP contribution in [0.15, 0.2) is 36.5 Å². The second-order valence-corrected chi connectivity index (χ2v) is 3.52. The molecule has 0 aliphatic carbocycles. The molecule has 1 atom stereocenters. The molecule has 0 saturated heterocycles. The Hall–Kier alpha value is -2.24. The molecule has 1 aromatic carbocycles. The van der Waals surface area contributed by atoms with Crippen LogP contribution in [0.2, 0.25) is 0 Å². The molecule has 1 heterocycles. The zero-order chi connectivity index (χ0) is 13.0. The highest BCUT2D eigenvalue weighted by molar-refractivity contribution is 5.75. The zero-order valence-electron chi connectivity index (χ0n) is 9.78. The van der Waals surface area contributed by atoms with Crippen LogP contribution in [0.3, 0.4) is 0 Å². The topological polar surface area (TPSA) is 57.0 Å². The lowest BCUT2D eigenvalue weighted by atomic mass is 10.2. The molecule has 6 heteroatoms. The number of rotatable bonds is 4. The lowest BCUT2D eigenvalue weighted by Crippen LogP contribution is -2.15. The summed E-state index contributed by atoms with van der Waals surface area (Å²) in [5.74, 6) is -0.933. The molecule has 0 radical (unpaired) electrons. The average molecular weight is 249 g/mol. The van der Waals surface area contributed by atoms with E-state index in [1.165, 1.54) is 10.9 Å². The van der Waals surface area contributed by atoms with Crippen molar-refractivity contribution in [2.24, 2.45) is 0 Å². The van der Waals surface area contributed by atoms with Crippen molar-refractivity contribution in [2.75, 3.05) is 6.61 Å². The molecule has 2 aromatic rings. The summed E-state index contributed by atoms with van der Waals surface area (Å²) in [5.41, 5.74) is 0.691. The van der Waals surface area contributed by atoms with Crippen molar-refractivity contribution in [1.82, 2.24) is 15.0 Å². The maximum Gasteiger partial charge on any atom is 0.347 e. The third-order valence-corrected chi connectivity index (χ3v) is 2.33. The van der Waals surface area contributed by atoms with E-state index in [1.807, 2.05) is 6.07 Å². The van der Waals surface area contributed by atoms with Gasteiger partial charge in [0.1, 0.15) is 5.69 Å². The number of halogens is 1. The van der Waals surface area contributed by atoms with Crippen molar-refractivity contribution in [3.63, 3.8) is 0 Å². The van der Waals surface area contributed by atoms with Gasteiger partial charge in [-0.1, -0.05) is 23.4 Å². The molecule has 0 bridgehead atoms. The van der Waals surface area contributed by atoms with Crippen LogP contribution < -0.4 is 0 Å². The first kappa shape index (κ1) is 12.2. The van der Waals surface area contributed by atoms with E-state index in [0.717, 1.165) is 0 Å². The van der Waals surface area contributed by atoms with Crippen molar-refractivity contribution in [1.29, 1.82) is 0 Å². The average Bonchev–Trinajstić information content (AvgIpc) is 2.88. The molecule has 0 spiro atoms. The summed E-state index contributed by atoms with van der Waals surface area (Å²) in [7, 11) is 0. The van der Waals surface area contributed by atoms with Gasteiger partial charge in [0.05, 0.1) is 18.5 Å². The number of para-hydroxylation sites is 1. The highest BCUT2D eigenvalue weighted by atomic mass is 19.1. The minimum atomic E-state index is -1.89. The van der Waals surface area contributed by atoms with Crippen LogP contribution in [0.1, 0.15) is 18.8 Å². The number of aromatic nitrogens is 3. The minimum absolute atomic E-state index is 0.0552. The van der Waals surface area contributed by atoms with Crippen molar-refractivity contribution in [3.05, 3.63) is 42.2 Å². The van der Waals surface area contributed by atoms with Crippen LogP contribution in [-0.4, -0.2) is 27.6 Å². The number of hydrogen-bond donors (Lipinski definition) is 0. The van der Waals surface area contributed by atoms with Gasteiger partial charge in [-0.25, -0.2) is 13.9 Å². The maximum atomic E-state index is 13.9. The number of nitrogens with zero attached hydrogens (tertiary/aromatic N) is 3. The van der Waals surface area contributed by atoms with E-state index in [0.29, 0.717) is 5.69 Å². The van der Waals surface area contributed by atoms with Crippen molar-refractivity contribution < 1.29 is 13.9 Å². The quantitative estimate of drug-likeness (QED) is 0.776. The Morgan fingerprint density at radius 2 is 2.17 bits per heavy atom. The predicted molar refractivity (Wildman–Crippen MR) is 61.8 cm³/mol. The third kappa shape index (κ3) is 2.37. The van der Waals surface area contributed by atoms with Crippen LogP contribution in [0.5, 0.6) is 0 Å². The van der Waals surface area contributed by atoms with Crippen molar-refractivity contribution in [3.8, 4) is 5.69 Å². The monoisotopic (exact) mass is 249 g/mol. The Labute approximate surface area is 103 Å². The second-order valence-electron chi connectivity index (χ2n) is 3.52. The number of benzene rings is 1. The number of carbonyl (C=O) groups excluding carboxylic acids is 1. The van der Waals surface area contributed by atoms with Crippen LogP contribution >= 0.6 is 0 Å². The molecular formula is C12H12FN3O2. The van der Waals surface area contributed by atoms with Gasteiger partial charge in [-0.05, 0) is 19.1 Å². The van der Waals surface area contributed by atoms with E-state index < -0.39 is 12.1 Å². The summed E-state index contributed by atoms with van der Waals surface area (Å²) in [6.45, 7) is 1.75. The molecule has 18 heavy (non-hydrogen) atoms. The number of carbonyl (C=O) groups is 1. The summed E-state index contributed by atoms with van der Waals surface area (Å²) >= 11 is 0. The molecule has 5 nitrogen and oxygen atoms in total. The number of ether oxygens (including phenoxy) is 1. The second kappa shape index (κ2) is 5.39. The predicted octanol–water partition coefficient (Wildman–Crippen LogP) is 1.84. The zero-order valence-corrected chi connectivity index (χ0v) is 9.78. The largest absolute Gasteiger partial charge is 0.464 e. The van der Waals surface area contributed by atoms with Gasteiger partial charge in [0.15, 0.2) is 0 Å². The Bertz CT molecular complexity index is 527. The van der Waals surface area contributed by atoms with Gasteiger partial charge in [0.2, 0.25) is 6.17 Å². The molecule has 2 rings (SSSR count). The third-order valence-electron chi connectivity index (χ3n) is 2.33. The highest BCUT2D eigenvalue weighted by Gasteiger charge is 2.26. The normalized spacial score (nSPS) is 12.1. The Morgan fingerprint density at radius 3 is 2.83 bits per heavy atom. The highest BCUT2D eigenvalue weighted by Crippen LogP contribution is 2.20. The first-order valence-electron chi connectivity index (χ1n) is 5.50. The van der Waals surface area contributed by atoms with Gasteiger partial charge in [-0.15, -0.1) is 5.10 Å². The Morgan fingerprint density at radius 1 is 1.44 bits per heavy atom. The van der Waals surface area contributed by atoms with E-state index in [4.69, 9.17) is 0 Å². The van der Waals surface area contributed by atoms with Crippen molar-refractivity contribution >= 4 is 5.97 Å². The summed E-state index contributed by atoms with van der Waals surface area (Å²) in [6.07, 6.45) is -0.672. The number of hydrogen-bond acceptors (Lipinski definition) is 4. The van der Waals surface area contributed by atoms with Gasteiger partial charge >= 0.3 is 5.97 Å². The number of esters is 1. The molecule has 0 N–H and O–H groups in total. The molecule has 0 saturated carbocycles. The van der Waals surface area contributed by atoms with Gasteiger partial charge in [-0.3, -0.25) is 0 Å². The van der Waals surface area contributed by atoms with Gasteiger partial charge in [0, 0.05) is 0 Å². The molecular weight excluding hydrogens is 237 g/mol. The fraction of sp³-hybridized carbons (Fsp3) is 0.250. The van der Waals surface area contributed by atoms with Gasteiger partial charge < -0.3 is 4.74 Å². The fourth-order valence-corrected chi connectivity index (χ4v) is 1.52. The van der Waals surface area contributed by atoms with Crippen LogP contribution in [0, 0.1) is 0 Å². The standard InChI is InChI=1S/C12H12FN3O2/c1-2-18-12(17)11(13)10-8-14-15-16(10)9-6-4-3-5-7-9/h3-8,11H,2H2,1H3. The molecule has 0 amide bonds. The molecule has 0 fully saturated rings. The first-order chi connectivity index (χ1) is 8.74. The number of alkyl halides is 1. The lowest BCUT2D eigenvalue weighted by molar-refractivity contribution is -0.149. The molecule has 0 aliphatic heterocycles. The van der Waals surface area contributed by atoms with E-state index >= 15 is 0 Å². The van der Waals surface area contributed by atoms with E-state index in [2.05, 4.69) is 15.0 Å². The Kier molecular flexibility index (Phi) is 3.66. The lowest BCUT2D eigenvalue weighted by Gasteiger charge is -2.09. The van der Waals surface area contributed by atoms with Crippen LogP contribution in [-0.2, 0) is 9.53 Å². The summed E-state index contributed by atoms with van der Waals surface area (Å²) in [4.78, 5) is 11.4. The maximum absolute atomic E-state index is 13.9. The van der Waals surface area contributed by atoms with E-state index in [-0.39, 0.29) is 12.3 Å². The van der Waals surface area contributed by atoms with Gasteiger partial charge in [-0.2, -0.15) is 0 Å². The van der Waals surface area contributed by atoms with Crippen LogP contribution in [0.25, 0.3) is 5.69 Å². The minimum Gasteiger partial charge on any atom is -0.464 e. The molecule has 94 valence electrons. The first-order valence-corrected chi connectivity index (χ1v) is 5.50. The van der Waals surface area contributed by atoms with E-state index in [9.17, 15) is 9.18 Å². The van der Waals surface area contributed by atoms with Crippen molar-refractivity contribution in [2.45, 2.75) is 13.1 Å².